The summed E-state index contributed by atoms with van der Waals surface area (Å²) in [7, 11) is 0. The first-order valence-corrected chi connectivity index (χ1v) is 13.6. The molecule has 4 heterocycles. The predicted molar refractivity (Wildman–Crippen MR) is 146 cm³/mol. The average Bonchev–Trinajstić information content (AvgIpc) is 3.50. The third kappa shape index (κ3) is 5.63. The third-order valence-electron chi connectivity index (χ3n) is 6.24. The number of nitrogens with zero attached hydrogens (tertiary/aromatic N) is 6. The molecule has 0 radical (unpaired) electrons. The number of amides is 1. The summed E-state index contributed by atoms with van der Waals surface area (Å²) < 4.78 is 31.0. The maximum absolute atomic E-state index is 14.0. The fourth-order valence-corrected chi connectivity index (χ4v) is 5.75. The molecule has 0 spiro atoms. The van der Waals surface area contributed by atoms with E-state index >= 15 is 0 Å². The molecule has 1 aromatic carbocycles. The summed E-state index contributed by atoms with van der Waals surface area (Å²) in [5, 5.41) is 13.3. The van der Waals surface area contributed by atoms with Gasteiger partial charge in [-0.2, -0.15) is 10.4 Å². The van der Waals surface area contributed by atoms with Gasteiger partial charge in [0, 0.05) is 24.7 Å². The number of thiophene rings is 1. The Bertz CT molecular complexity index is 1750. The molecule has 39 heavy (non-hydrogen) atoms. The van der Waals surface area contributed by atoms with E-state index in [-0.39, 0.29) is 35.4 Å². The predicted octanol–water partition coefficient (Wildman–Crippen LogP) is 4.50. The molecule has 0 atom stereocenters. The monoisotopic (exact) mass is 610 g/mol. The van der Waals surface area contributed by atoms with Crippen molar-refractivity contribution >= 4 is 43.4 Å². The molecule has 1 aliphatic rings. The molecule has 12 heteroatoms. The molecule has 0 unspecified atom stereocenters. The molecule has 0 bridgehead atoms. The molecule has 0 N–H and O–H groups in total. The van der Waals surface area contributed by atoms with Gasteiger partial charge in [0.15, 0.2) is 0 Å². The van der Waals surface area contributed by atoms with Crippen molar-refractivity contribution in [3.8, 4) is 29.0 Å². The molecule has 1 aliphatic heterocycles. The van der Waals surface area contributed by atoms with Crippen molar-refractivity contribution in [1.29, 1.82) is 5.26 Å². The lowest BCUT2D eigenvalue weighted by atomic mass is 9.99. The van der Waals surface area contributed by atoms with E-state index in [1.54, 1.807) is 23.0 Å². The average molecular weight is 611 g/mol. The Labute approximate surface area is 234 Å². The van der Waals surface area contributed by atoms with E-state index < -0.39 is 17.0 Å². The van der Waals surface area contributed by atoms with Gasteiger partial charge in [-0.25, -0.2) is 13.8 Å². The van der Waals surface area contributed by atoms with Crippen molar-refractivity contribution < 1.29 is 13.6 Å². The zero-order valence-corrected chi connectivity index (χ0v) is 23.2. The number of benzene rings is 1. The minimum absolute atomic E-state index is 0.0107. The number of likely N-dealkylation sites (tertiary alicyclic amines) is 1. The van der Waals surface area contributed by atoms with E-state index in [1.165, 1.54) is 46.3 Å². The molecule has 8 nitrogen and oxygen atoms in total. The number of rotatable bonds is 6. The first-order valence-electron chi connectivity index (χ1n) is 12.0. The highest BCUT2D eigenvalue weighted by Crippen LogP contribution is 2.37. The Kier molecular flexibility index (Phi) is 7.34. The van der Waals surface area contributed by atoms with E-state index in [0.29, 0.717) is 45.8 Å². The normalized spacial score (nSPS) is 14.0. The summed E-state index contributed by atoms with van der Waals surface area (Å²) in [6, 6.07) is 6.49. The van der Waals surface area contributed by atoms with Gasteiger partial charge >= 0.3 is 0 Å². The minimum atomic E-state index is -1.41. The summed E-state index contributed by atoms with van der Waals surface area (Å²) in [5.74, 6) is 5.46. The standard InChI is InChI=1S/C27H21BrF2N6O2S/c1-27(30)14-35(15-27)22(37)13-34-16-32-25-24(26(34)38)23(18-6-7-20(29)19(28)9-18)21(39-25)5-3-2-4-8-36-12-17(10-31)11-33-36/h6-7,9,11-12,16H,2,4,8,13-15H2,1H3. The van der Waals surface area contributed by atoms with Crippen molar-refractivity contribution in [3.63, 3.8) is 0 Å². The van der Waals surface area contributed by atoms with Gasteiger partial charge in [0.2, 0.25) is 5.91 Å². The number of aryl methyl sites for hydroxylation is 1. The number of nitriles is 1. The molecule has 198 valence electrons. The van der Waals surface area contributed by atoms with Crippen LogP contribution >= 0.6 is 27.3 Å². The van der Waals surface area contributed by atoms with E-state index in [9.17, 15) is 18.4 Å². The van der Waals surface area contributed by atoms with Crippen LogP contribution in [-0.2, 0) is 17.9 Å². The van der Waals surface area contributed by atoms with Crippen LogP contribution in [-0.4, -0.2) is 48.9 Å². The molecule has 1 saturated heterocycles. The Hall–Kier alpha value is -3.87. The summed E-state index contributed by atoms with van der Waals surface area (Å²) in [6.45, 7) is 1.74. The van der Waals surface area contributed by atoms with Gasteiger partial charge in [-0.05, 0) is 47.0 Å². The van der Waals surface area contributed by atoms with Gasteiger partial charge in [-0.15, -0.1) is 11.3 Å². The van der Waals surface area contributed by atoms with Crippen LogP contribution < -0.4 is 5.56 Å². The van der Waals surface area contributed by atoms with E-state index in [2.05, 4.69) is 37.9 Å². The largest absolute Gasteiger partial charge is 0.335 e. The Balaban J connectivity index is 1.46. The summed E-state index contributed by atoms with van der Waals surface area (Å²) in [6.07, 6.45) is 5.73. The number of aromatic nitrogens is 4. The van der Waals surface area contributed by atoms with E-state index in [1.807, 2.05) is 6.07 Å². The quantitative estimate of drug-likeness (QED) is 0.237. The molecule has 1 fully saturated rings. The topological polar surface area (TPSA) is 96.8 Å². The fraction of sp³-hybridized carbons (Fsp3) is 0.296. The number of alkyl halides is 1. The van der Waals surface area contributed by atoms with Gasteiger partial charge in [-0.3, -0.25) is 18.8 Å². The number of carbonyl (C=O) groups excluding carboxylic acids is 1. The van der Waals surface area contributed by atoms with Gasteiger partial charge < -0.3 is 4.90 Å². The fourth-order valence-electron chi connectivity index (χ4n) is 4.34. The summed E-state index contributed by atoms with van der Waals surface area (Å²) in [4.78, 5) is 33.0. The second kappa shape index (κ2) is 10.7. The summed E-state index contributed by atoms with van der Waals surface area (Å²) >= 11 is 4.46. The molecular formula is C27H21BrF2N6O2S. The molecule has 5 rings (SSSR count). The van der Waals surface area contributed by atoms with Crippen LogP contribution in [0.2, 0.25) is 0 Å². The molecular weight excluding hydrogens is 590 g/mol. The minimum Gasteiger partial charge on any atom is -0.335 e. The van der Waals surface area contributed by atoms with Crippen molar-refractivity contribution in [2.45, 2.75) is 38.5 Å². The molecule has 0 aliphatic carbocycles. The van der Waals surface area contributed by atoms with Crippen LogP contribution in [0.4, 0.5) is 8.78 Å². The molecule has 4 aromatic rings. The zero-order chi connectivity index (χ0) is 27.7. The van der Waals surface area contributed by atoms with Crippen LogP contribution in [0.15, 0.2) is 46.2 Å². The smallest absolute Gasteiger partial charge is 0.263 e. The van der Waals surface area contributed by atoms with Crippen molar-refractivity contribution in [2.75, 3.05) is 13.1 Å². The Morgan fingerprint density at radius 3 is 2.82 bits per heavy atom. The second-order valence-electron chi connectivity index (χ2n) is 9.47. The van der Waals surface area contributed by atoms with Crippen molar-refractivity contribution in [3.05, 3.63) is 68.0 Å². The lowest BCUT2D eigenvalue weighted by Gasteiger charge is -2.42. The number of hydrogen-bond acceptors (Lipinski definition) is 6. The van der Waals surface area contributed by atoms with E-state index in [0.717, 1.165) is 0 Å². The van der Waals surface area contributed by atoms with Crippen molar-refractivity contribution in [1.82, 2.24) is 24.2 Å². The van der Waals surface area contributed by atoms with Gasteiger partial charge in [0.05, 0.1) is 45.9 Å². The molecule has 0 saturated carbocycles. The maximum Gasteiger partial charge on any atom is 0.263 e. The van der Waals surface area contributed by atoms with E-state index in [4.69, 9.17) is 5.26 Å². The Morgan fingerprint density at radius 2 is 2.13 bits per heavy atom. The van der Waals surface area contributed by atoms with Gasteiger partial charge in [0.25, 0.3) is 5.56 Å². The van der Waals surface area contributed by atoms with Crippen LogP contribution in [0.3, 0.4) is 0 Å². The SMILES string of the molecule is CC1(F)CN(C(=O)Cn2cnc3sc(C#CCCCn4cc(C#N)cn4)c(-c4ccc(F)c(Br)c4)c3c2=O)C1. The summed E-state index contributed by atoms with van der Waals surface area (Å²) in [5.41, 5.74) is -0.243. The Morgan fingerprint density at radius 1 is 1.33 bits per heavy atom. The third-order valence-corrected chi connectivity index (χ3v) is 7.86. The van der Waals surface area contributed by atoms with Crippen LogP contribution in [0.5, 0.6) is 0 Å². The molecule has 1 amide bonds. The molecule has 3 aromatic heterocycles. The van der Waals surface area contributed by atoms with Crippen LogP contribution in [0.25, 0.3) is 21.3 Å². The number of carbonyl (C=O) groups is 1. The van der Waals surface area contributed by atoms with Crippen LogP contribution in [0.1, 0.15) is 30.2 Å². The highest BCUT2D eigenvalue weighted by Gasteiger charge is 2.41. The highest BCUT2D eigenvalue weighted by molar-refractivity contribution is 9.10. The van der Waals surface area contributed by atoms with Crippen LogP contribution in [0, 0.1) is 29.0 Å². The lowest BCUT2D eigenvalue weighted by molar-refractivity contribution is -0.144. The number of unbranched alkanes of at least 4 members (excludes halogenated alkanes) is 1. The highest BCUT2D eigenvalue weighted by atomic mass is 79.9. The van der Waals surface area contributed by atoms with Gasteiger partial charge in [-0.1, -0.05) is 17.9 Å². The first kappa shape index (κ1) is 26.7. The number of halogens is 3. The second-order valence-corrected chi connectivity index (χ2v) is 11.3. The first-order chi connectivity index (χ1) is 18.6. The zero-order valence-electron chi connectivity index (χ0n) is 20.7. The van der Waals surface area contributed by atoms with Gasteiger partial charge in [0.1, 0.15) is 28.9 Å². The maximum atomic E-state index is 14.0. The lowest BCUT2D eigenvalue weighted by Crippen LogP contribution is -2.60. The number of fused-ring (bicyclic) bond motifs is 1. The van der Waals surface area contributed by atoms with Crippen molar-refractivity contribution in [2.24, 2.45) is 0 Å². The number of hydrogen-bond donors (Lipinski definition) is 0.